The van der Waals surface area contributed by atoms with Gasteiger partial charge < -0.3 is 10.4 Å². The molecule has 0 bridgehead atoms. The molecule has 0 radical (unpaired) electrons. The van der Waals surface area contributed by atoms with Crippen molar-refractivity contribution in [2.45, 2.75) is 32.2 Å². The number of thiophene rings is 1. The fraction of sp³-hybridized carbons (Fsp3) is 0.455. The fourth-order valence-corrected chi connectivity index (χ4v) is 2.00. The molecular weight excluding hydrogens is 226 g/mol. The molecule has 0 aliphatic heterocycles. The van der Waals surface area contributed by atoms with Crippen molar-refractivity contribution in [2.75, 3.05) is 0 Å². The van der Waals surface area contributed by atoms with Gasteiger partial charge in [-0.1, -0.05) is 6.92 Å². The first-order valence-corrected chi connectivity index (χ1v) is 6.11. The maximum Gasteiger partial charge on any atom is 0.326 e. The monoisotopic (exact) mass is 241 g/mol. The molecule has 1 aromatic rings. The molecule has 5 heteroatoms. The number of hydrogen-bond acceptors (Lipinski definition) is 3. The zero-order valence-electron chi connectivity index (χ0n) is 9.10. The average molecular weight is 241 g/mol. The second-order valence-corrected chi connectivity index (χ2v) is 4.28. The van der Waals surface area contributed by atoms with E-state index in [9.17, 15) is 9.59 Å². The number of amides is 1. The maximum atomic E-state index is 11.4. The number of nitrogens with one attached hydrogen (secondary N) is 1. The predicted molar refractivity (Wildman–Crippen MR) is 62.5 cm³/mol. The minimum absolute atomic E-state index is 0.208. The number of hydrogen-bond donors (Lipinski definition) is 2. The Balaban J connectivity index is 2.33. The van der Waals surface area contributed by atoms with Gasteiger partial charge in [0.25, 0.3) is 0 Å². The second kappa shape index (κ2) is 6.27. The Morgan fingerprint density at radius 2 is 2.31 bits per heavy atom. The minimum Gasteiger partial charge on any atom is -0.480 e. The van der Waals surface area contributed by atoms with Crippen molar-refractivity contribution in [1.29, 1.82) is 0 Å². The summed E-state index contributed by atoms with van der Waals surface area (Å²) in [7, 11) is 0. The van der Waals surface area contributed by atoms with Gasteiger partial charge >= 0.3 is 5.97 Å². The summed E-state index contributed by atoms with van der Waals surface area (Å²) in [6, 6.07) is 1.20. The molecule has 1 rings (SSSR count). The summed E-state index contributed by atoms with van der Waals surface area (Å²) in [4.78, 5) is 22.1. The van der Waals surface area contributed by atoms with E-state index >= 15 is 0 Å². The first-order chi connectivity index (χ1) is 7.63. The molecule has 0 aromatic carbocycles. The van der Waals surface area contributed by atoms with Gasteiger partial charge in [-0.15, -0.1) is 0 Å². The molecule has 4 nitrogen and oxygen atoms in total. The van der Waals surface area contributed by atoms with E-state index in [1.165, 1.54) is 0 Å². The van der Waals surface area contributed by atoms with Gasteiger partial charge in [0.1, 0.15) is 6.04 Å². The lowest BCUT2D eigenvalue weighted by Gasteiger charge is -2.11. The van der Waals surface area contributed by atoms with Crippen LogP contribution in [0.2, 0.25) is 0 Å². The lowest BCUT2D eigenvalue weighted by Crippen LogP contribution is -2.40. The van der Waals surface area contributed by atoms with Crippen LogP contribution in [0.5, 0.6) is 0 Å². The molecule has 0 saturated carbocycles. The van der Waals surface area contributed by atoms with Crippen LogP contribution >= 0.6 is 11.3 Å². The largest absolute Gasteiger partial charge is 0.480 e. The third-order valence-electron chi connectivity index (χ3n) is 2.26. The van der Waals surface area contributed by atoms with E-state index in [0.717, 1.165) is 5.56 Å². The average Bonchev–Trinajstić information content (AvgIpc) is 2.75. The molecule has 1 unspecified atom stereocenters. The Morgan fingerprint density at radius 1 is 1.56 bits per heavy atom. The van der Waals surface area contributed by atoms with E-state index in [0.29, 0.717) is 19.3 Å². The van der Waals surface area contributed by atoms with Crippen LogP contribution in [0.25, 0.3) is 0 Å². The Labute approximate surface area is 98.3 Å². The third-order valence-corrected chi connectivity index (χ3v) is 2.99. The summed E-state index contributed by atoms with van der Waals surface area (Å²) in [6.07, 6.45) is 1.39. The Hall–Kier alpha value is -1.36. The number of carboxylic acid groups (broad SMARTS) is 1. The van der Waals surface area contributed by atoms with Crippen LogP contribution in [0.15, 0.2) is 16.8 Å². The highest BCUT2D eigenvalue weighted by atomic mass is 32.1. The summed E-state index contributed by atoms with van der Waals surface area (Å²) in [5.74, 6) is -1.19. The molecule has 2 N–H and O–H groups in total. The minimum atomic E-state index is -0.980. The van der Waals surface area contributed by atoms with Gasteiger partial charge in [0.05, 0.1) is 0 Å². The van der Waals surface area contributed by atoms with Gasteiger partial charge in [0, 0.05) is 6.42 Å². The maximum absolute atomic E-state index is 11.4. The normalized spacial score (nSPS) is 12.1. The highest BCUT2D eigenvalue weighted by Crippen LogP contribution is 2.08. The van der Waals surface area contributed by atoms with Crippen LogP contribution in [0, 0.1) is 0 Å². The molecule has 88 valence electrons. The Kier molecular flexibility index (Phi) is 4.98. The van der Waals surface area contributed by atoms with Gasteiger partial charge in [-0.05, 0) is 35.2 Å². The number of aryl methyl sites for hydroxylation is 1. The van der Waals surface area contributed by atoms with Gasteiger partial charge in [-0.3, -0.25) is 4.79 Å². The predicted octanol–water partition coefficient (Wildman–Crippen LogP) is 1.66. The molecule has 0 aliphatic rings. The van der Waals surface area contributed by atoms with Crippen molar-refractivity contribution in [1.82, 2.24) is 5.32 Å². The number of rotatable bonds is 6. The van der Waals surface area contributed by atoms with Gasteiger partial charge in [-0.2, -0.15) is 11.3 Å². The van der Waals surface area contributed by atoms with E-state index < -0.39 is 12.0 Å². The molecule has 0 spiro atoms. The van der Waals surface area contributed by atoms with Gasteiger partial charge in [-0.25, -0.2) is 4.79 Å². The second-order valence-electron chi connectivity index (χ2n) is 3.50. The highest BCUT2D eigenvalue weighted by Gasteiger charge is 2.16. The topological polar surface area (TPSA) is 66.4 Å². The van der Waals surface area contributed by atoms with Crippen LogP contribution in [0.4, 0.5) is 0 Å². The van der Waals surface area contributed by atoms with E-state index in [-0.39, 0.29) is 5.91 Å². The van der Waals surface area contributed by atoms with Crippen molar-refractivity contribution in [3.8, 4) is 0 Å². The molecule has 0 fully saturated rings. The van der Waals surface area contributed by atoms with E-state index in [4.69, 9.17) is 5.11 Å². The summed E-state index contributed by atoms with van der Waals surface area (Å²) in [5.41, 5.74) is 1.11. The lowest BCUT2D eigenvalue weighted by molar-refractivity contribution is -0.141. The van der Waals surface area contributed by atoms with Crippen LogP contribution in [0.3, 0.4) is 0 Å². The van der Waals surface area contributed by atoms with Crippen molar-refractivity contribution in [3.63, 3.8) is 0 Å². The molecule has 1 aromatic heterocycles. The van der Waals surface area contributed by atoms with Crippen LogP contribution in [0.1, 0.15) is 25.3 Å². The van der Waals surface area contributed by atoms with Crippen molar-refractivity contribution in [3.05, 3.63) is 22.4 Å². The zero-order valence-corrected chi connectivity index (χ0v) is 9.92. The van der Waals surface area contributed by atoms with Gasteiger partial charge in [0.2, 0.25) is 5.91 Å². The Morgan fingerprint density at radius 3 is 2.81 bits per heavy atom. The highest BCUT2D eigenvalue weighted by molar-refractivity contribution is 7.07. The summed E-state index contributed by atoms with van der Waals surface area (Å²) in [5, 5.41) is 15.2. The standard InChI is InChI=1S/C11H15NO3S/c1-2-9(11(14)15)12-10(13)4-3-8-5-6-16-7-8/h5-7,9H,2-4H2,1H3,(H,12,13)(H,14,15). The molecule has 0 saturated heterocycles. The summed E-state index contributed by atoms with van der Waals surface area (Å²) in [6.45, 7) is 1.73. The summed E-state index contributed by atoms with van der Waals surface area (Å²) >= 11 is 1.59. The third kappa shape index (κ3) is 4.02. The number of aliphatic carboxylic acids is 1. The summed E-state index contributed by atoms with van der Waals surface area (Å²) < 4.78 is 0. The zero-order chi connectivity index (χ0) is 12.0. The van der Waals surface area contributed by atoms with Crippen molar-refractivity contribution >= 4 is 23.2 Å². The van der Waals surface area contributed by atoms with E-state index in [2.05, 4.69) is 5.32 Å². The van der Waals surface area contributed by atoms with Crippen molar-refractivity contribution < 1.29 is 14.7 Å². The smallest absolute Gasteiger partial charge is 0.326 e. The van der Waals surface area contributed by atoms with Crippen molar-refractivity contribution in [2.24, 2.45) is 0 Å². The van der Waals surface area contributed by atoms with Crippen LogP contribution < -0.4 is 5.32 Å². The lowest BCUT2D eigenvalue weighted by atomic mass is 10.1. The first-order valence-electron chi connectivity index (χ1n) is 5.16. The molecule has 16 heavy (non-hydrogen) atoms. The van der Waals surface area contributed by atoms with Crippen LogP contribution in [-0.4, -0.2) is 23.0 Å². The number of carbonyl (C=O) groups excluding carboxylic acids is 1. The van der Waals surface area contributed by atoms with Crippen LogP contribution in [-0.2, 0) is 16.0 Å². The van der Waals surface area contributed by atoms with Gasteiger partial charge in [0.15, 0.2) is 0 Å². The quantitative estimate of drug-likeness (QED) is 0.796. The molecule has 1 heterocycles. The van der Waals surface area contributed by atoms with E-state index in [1.807, 2.05) is 16.8 Å². The molecular formula is C11H15NO3S. The number of carbonyl (C=O) groups is 2. The first kappa shape index (κ1) is 12.7. The fourth-order valence-electron chi connectivity index (χ4n) is 1.30. The van der Waals surface area contributed by atoms with E-state index in [1.54, 1.807) is 18.3 Å². The Bertz CT molecular complexity index is 348. The molecule has 1 amide bonds. The molecule has 1 atom stereocenters. The molecule has 0 aliphatic carbocycles. The SMILES string of the molecule is CCC(NC(=O)CCc1ccsc1)C(=O)O. The number of carboxylic acids is 1.